The van der Waals surface area contributed by atoms with Crippen LogP contribution in [0.25, 0.3) is 5.57 Å². The number of morpholine rings is 1. The highest BCUT2D eigenvalue weighted by molar-refractivity contribution is 5.80. The Balaban J connectivity index is 1.34. The second-order valence-electron chi connectivity index (χ2n) is 10.3. The third kappa shape index (κ3) is 4.96. The van der Waals surface area contributed by atoms with Crippen molar-refractivity contribution in [2.75, 3.05) is 68.8 Å². The lowest BCUT2D eigenvalue weighted by Crippen LogP contribution is -2.47. The molecule has 0 bridgehead atoms. The molecule has 4 heteroatoms. The van der Waals surface area contributed by atoms with Gasteiger partial charge in [0, 0.05) is 56.2 Å². The van der Waals surface area contributed by atoms with Gasteiger partial charge in [0.15, 0.2) is 0 Å². The molecule has 1 saturated carbocycles. The van der Waals surface area contributed by atoms with E-state index in [1.54, 1.807) is 5.57 Å². The van der Waals surface area contributed by atoms with E-state index in [0.29, 0.717) is 5.41 Å². The number of rotatable bonds is 7. The van der Waals surface area contributed by atoms with Crippen molar-refractivity contribution in [1.29, 1.82) is 0 Å². The molecular formula is C27H41N3O. The Morgan fingerprint density at radius 1 is 0.903 bits per heavy atom. The lowest BCUT2D eigenvalue weighted by Gasteiger charge is -2.38. The molecule has 2 aliphatic heterocycles. The van der Waals surface area contributed by atoms with Crippen molar-refractivity contribution >= 4 is 16.9 Å². The van der Waals surface area contributed by atoms with E-state index in [-0.39, 0.29) is 0 Å². The standard InChI is InChI=1S/C27H41N3O/c1-2-3-4-13-28-14-16-30(17-15-28)26-6-5-24(29-18-20-31-21-19-29)22-25(26)23-7-9-27(10-8-23)11-12-27/h5-7,22H,2-4,8-21H2,1H3. The molecule has 0 atom stereocenters. The summed E-state index contributed by atoms with van der Waals surface area (Å²) in [5.41, 5.74) is 6.67. The molecule has 4 aliphatic rings. The number of piperazine rings is 1. The molecule has 0 amide bonds. The number of ether oxygens (including phenoxy) is 1. The summed E-state index contributed by atoms with van der Waals surface area (Å²) in [6, 6.07) is 7.30. The van der Waals surface area contributed by atoms with Crippen molar-refractivity contribution in [1.82, 2.24) is 4.90 Å². The first kappa shape index (κ1) is 21.3. The maximum atomic E-state index is 5.60. The third-order valence-electron chi connectivity index (χ3n) is 8.16. The Hall–Kier alpha value is -1.52. The molecule has 0 radical (unpaired) electrons. The zero-order valence-electron chi connectivity index (χ0n) is 19.6. The molecule has 1 spiro atoms. The quantitative estimate of drug-likeness (QED) is 0.562. The van der Waals surface area contributed by atoms with Crippen LogP contribution in [0.15, 0.2) is 24.3 Å². The van der Waals surface area contributed by atoms with Crippen LogP contribution >= 0.6 is 0 Å². The molecule has 0 N–H and O–H groups in total. The summed E-state index contributed by atoms with van der Waals surface area (Å²) in [4.78, 5) is 7.84. The Kier molecular flexibility index (Phi) is 6.56. The normalized spacial score (nSPS) is 23.8. The van der Waals surface area contributed by atoms with Gasteiger partial charge in [-0.05, 0) is 74.3 Å². The van der Waals surface area contributed by atoms with Gasteiger partial charge in [0.2, 0.25) is 0 Å². The van der Waals surface area contributed by atoms with Gasteiger partial charge in [0.25, 0.3) is 0 Å². The van der Waals surface area contributed by atoms with E-state index in [1.807, 2.05) is 0 Å². The fourth-order valence-corrected chi connectivity index (χ4v) is 5.69. The monoisotopic (exact) mass is 423 g/mol. The Labute approximate surface area is 189 Å². The van der Waals surface area contributed by atoms with Crippen molar-refractivity contribution in [3.63, 3.8) is 0 Å². The highest BCUT2D eigenvalue weighted by Gasteiger charge is 2.43. The summed E-state index contributed by atoms with van der Waals surface area (Å²) >= 11 is 0. The molecule has 1 aromatic rings. The first-order valence-electron chi connectivity index (χ1n) is 12.9. The maximum absolute atomic E-state index is 5.60. The van der Waals surface area contributed by atoms with E-state index in [0.717, 1.165) is 39.4 Å². The van der Waals surface area contributed by atoms with Crippen LogP contribution in [-0.4, -0.2) is 63.9 Å². The van der Waals surface area contributed by atoms with Gasteiger partial charge in [-0.2, -0.15) is 0 Å². The van der Waals surface area contributed by atoms with Gasteiger partial charge in [0.05, 0.1) is 13.2 Å². The molecule has 31 heavy (non-hydrogen) atoms. The van der Waals surface area contributed by atoms with Gasteiger partial charge in [-0.3, -0.25) is 4.90 Å². The van der Waals surface area contributed by atoms with E-state index in [4.69, 9.17) is 4.74 Å². The van der Waals surface area contributed by atoms with Crippen LogP contribution in [0.2, 0.25) is 0 Å². The predicted molar refractivity (Wildman–Crippen MR) is 131 cm³/mol. The average molecular weight is 424 g/mol. The van der Waals surface area contributed by atoms with E-state index in [1.165, 1.54) is 87.9 Å². The Morgan fingerprint density at radius 2 is 1.71 bits per heavy atom. The minimum atomic E-state index is 0.690. The predicted octanol–water partition coefficient (Wildman–Crippen LogP) is 5.18. The topological polar surface area (TPSA) is 19.0 Å². The largest absolute Gasteiger partial charge is 0.378 e. The molecular weight excluding hydrogens is 382 g/mol. The summed E-state index contributed by atoms with van der Waals surface area (Å²) in [6.45, 7) is 12.0. The second kappa shape index (κ2) is 9.54. The van der Waals surface area contributed by atoms with Crippen LogP contribution in [-0.2, 0) is 4.74 Å². The smallest absolute Gasteiger partial charge is 0.0642 e. The SMILES string of the molecule is CCCCCN1CCN(c2ccc(N3CCOCC3)cc2C2=CCC3(CC2)CC3)CC1. The van der Waals surface area contributed by atoms with Crippen molar-refractivity contribution in [3.8, 4) is 0 Å². The van der Waals surface area contributed by atoms with Crippen LogP contribution in [0, 0.1) is 5.41 Å². The maximum Gasteiger partial charge on any atom is 0.0642 e. The number of hydrogen-bond donors (Lipinski definition) is 0. The summed E-state index contributed by atoms with van der Waals surface area (Å²) < 4.78 is 5.60. The fourth-order valence-electron chi connectivity index (χ4n) is 5.69. The summed E-state index contributed by atoms with van der Waals surface area (Å²) in [6.07, 6.45) is 13.5. The molecule has 170 valence electrons. The minimum Gasteiger partial charge on any atom is -0.378 e. The number of nitrogens with zero attached hydrogens (tertiary/aromatic N) is 3. The first-order chi connectivity index (χ1) is 15.3. The zero-order chi connectivity index (χ0) is 21.1. The van der Waals surface area contributed by atoms with Crippen molar-refractivity contribution in [3.05, 3.63) is 29.8 Å². The summed E-state index contributed by atoms with van der Waals surface area (Å²) in [5, 5.41) is 0. The number of benzene rings is 1. The van der Waals surface area contributed by atoms with Gasteiger partial charge >= 0.3 is 0 Å². The van der Waals surface area contributed by atoms with Crippen LogP contribution in [0.3, 0.4) is 0 Å². The third-order valence-corrected chi connectivity index (χ3v) is 8.16. The number of anilines is 2. The van der Waals surface area contributed by atoms with Crippen LogP contribution in [0.1, 0.15) is 63.9 Å². The van der Waals surface area contributed by atoms with Gasteiger partial charge in [0.1, 0.15) is 0 Å². The average Bonchev–Trinajstić information content (AvgIpc) is 3.59. The molecule has 1 aromatic carbocycles. The number of allylic oxidation sites excluding steroid dienone is 2. The van der Waals surface area contributed by atoms with E-state index in [2.05, 4.69) is 45.9 Å². The van der Waals surface area contributed by atoms with Gasteiger partial charge in [-0.1, -0.05) is 25.8 Å². The molecule has 3 fully saturated rings. The minimum absolute atomic E-state index is 0.690. The van der Waals surface area contributed by atoms with Crippen molar-refractivity contribution in [2.24, 2.45) is 5.41 Å². The van der Waals surface area contributed by atoms with Gasteiger partial charge in [-0.15, -0.1) is 0 Å². The van der Waals surface area contributed by atoms with Crippen molar-refractivity contribution < 1.29 is 4.74 Å². The summed E-state index contributed by atoms with van der Waals surface area (Å²) in [7, 11) is 0. The molecule has 2 saturated heterocycles. The van der Waals surface area contributed by atoms with E-state index < -0.39 is 0 Å². The van der Waals surface area contributed by atoms with Gasteiger partial charge < -0.3 is 14.5 Å². The Morgan fingerprint density at radius 3 is 2.39 bits per heavy atom. The molecule has 4 nitrogen and oxygen atoms in total. The summed E-state index contributed by atoms with van der Waals surface area (Å²) in [5.74, 6) is 0. The molecule has 0 aromatic heterocycles. The fraction of sp³-hybridized carbons (Fsp3) is 0.704. The highest BCUT2D eigenvalue weighted by Crippen LogP contribution is 2.57. The highest BCUT2D eigenvalue weighted by atomic mass is 16.5. The Bertz CT molecular complexity index is 771. The molecule has 0 unspecified atom stereocenters. The lowest BCUT2D eigenvalue weighted by molar-refractivity contribution is 0.122. The van der Waals surface area contributed by atoms with E-state index in [9.17, 15) is 0 Å². The molecule has 2 heterocycles. The van der Waals surface area contributed by atoms with Crippen LogP contribution in [0.5, 0.6) is 0 Å². The van der Waals surface area contributed by atoms with Crippen LogP contribution in [0.4, 0.5) is 11.4 Å². The molecule has 5 rings (SSSR count). The lowest BCUT2D eigenvalue weighted by atomic mass is 9.83. The number of unbranched alkanes of at least 4 members (excludes halogenated alkanes) is 2. The number of hydrogen-bond acceptors (Lipinski definition) is 4. The van der Waals surface area contributed by atoms with Gasteiger partial charge in [-0.25, -0.2) is 0 Å². The second-order valence-corrected chi connectivity index (χ2v) is 10.3. The van der Waals surface area contributed by atoms with E-state index >= 15 is 0 Å². The van der Waals surface area contributed by atoms with Crippen LogP contribution < -0.4 is 9.80 Å². The molecule has 2 aliphatic carbocycles. The first-order valence-corrected chi connectivity index (χ1v) is 12.9. The zero-order valence-corrected chi connectivity index (χ0v) is 19.6. The van der Waals surface area contributed by atoms with Crippen molar-refractivity contribution in [2.45, 2.75) is 58.3 Å².